The monoisotopic (exact) mass is 355 g/mol. The fraction of sp³-hybridized carbons (Fsp3) is 0.500. The van der Waals surface area contributed by atoms with Gasteiger partial charge in [-0.2, -0.15) is 0 Å². The third-order valence-corrected chi connectivity index (χ3v) is 4.47. The lowest BCUT2D eigenvalue weighted by atomic mass is 10.1. The molecule has 0 spiro atoms. The van der Waals surface area contributed by atoms with E-state index in [1.54, 1.807) is 9.80 Å². The molecule has 1 fully saturated rings. The van der Waals surface area contributed by atoms with E-state index in [1.807, 2.05) is 26.0 Å². The van der Waals surface area contributed by atoms with Crippen LogP contribution in [0.25, 0.3) is 0 Å². The first kappa shape index (κ1) is 18.2. The van der Waals surface area contributed by atoms with Crippen LogP contribution in [-0.4, -0.2) is 61.9 Å². The van der Waals surface area contributed by atoms with Gasteiger partial charge in [0.25, 0.3) is 0 Å². The van der Waals surface area contributed by atoms with Gasteiger partial charge in [-0.25, -0.2) is 9.59 Å². The van der Waals surface area contributed by atoms with Crippen LogP contribution in [0.1, 0.15) is 11.1 Å². The number of methoxy groups -OCH3 is 1. The van der Waals surface area contributed by atoms with E-state index in [0.29, 0.717) is 31.9 Å². The molecule has 3 amide bonds. The average Bonchev–Trinajstić information content (AvgIpc) is 2.59. The molecular weight excluding hydrogens is 334 g/mol. The van der Waals surface area contributed by atoms with Gasteiger partial charge in [0.15, 0.2) is 6.73 Å². The molecule has 1 aromatic carbocycles. The van der Waals surface area contributed by atoms with E-state index >= 15 is 0 Å². The van der Waals surface area contributed by atoms with Crippen molar-refractivity contribution >= 4 is 23.7 Å². The average molecular weight is 356 g/mol. The van der Waals surface area contributed by atoms with Crippen molar-refractivity contribution in [2.45, 2.75) is 13.8 Å². The van der Waals surface area contributed by atoms with E-state index in [1.165, 1.54) is 7.11 Å². The van der Waals surface area contributed by atoms with E-state index in [4.69, 9.17) is 16.3 Å². The summed E-state index contributed by atoms with van der Waals surface area (Å²) in [4.78, 5) is 26.7. The Hall–Kier alpha value is -2.15. The first-order chi connectivity index (χ1) is 11.4. The van der Waals surface area contributed by atoms with Crippen LogP contribution in [0.15, 0.2) is 12.1 Å². The molecule has 2 rings (SSSR count). The topological polar surface area (TPSA) is 71.1 Å². The van der Waals surface area contributed by atoms with Crippen molar-refractivity contribution < 1.29 is 19.1 Å². The molecule has 0 saturated carbocycles. The lowest BCUT2D eigenvalue weighted by Crippen LogP contribution is -2.53. The zero-order chi connectivity index (χ0) is 17.7. The summed E-state index contributed by atoms with van der Waals surface area (Å²) in [5.74, 6) is 0.658. The van der Waals surface area contributed by atoms with Gasteiger partial charge in [-0.1, -0.05) is 11.6 Å². The third kappa shape index (κ3) is 4.44. The predicted octanol–water partition coefficient (Wildman–Crippen LogP) is 2.39. The number of carbonyl (C=O) groups is 2. The minimum absolute atomic E-state index is 0.0660. The van der Waals surface area contributed by atoms with E-state index in [-0.39, 0.29) is 18.9 Å². The Kier molecular flexibility index (Phi) is 6.14. The molecule has 1 N–H and O–H groups in total. The maximum atomic E-state index is 12.1. The summed E-state index contributed by atoms with van der Waals surface area (Å²) in [6.45, 7) is 5.70. The molecule has 0 atom stereocenters. The van der Waals surface area contributed by atoms with Gasteiger partial charge in [0.2, 0.25) is 0 Å². The maximum Gasteiger partial charge on any atom is 0.409 e. The summed E-state index contributed by atoms with van der Waals surface area (Å²) >= 11 is 6.11. The highest BCUT2D eigenvalue weighted by Gasteiger charge is 2.24. The largest absolute Gasteiger partial charge is 0.473 e. The molecule has 0 aromatic heterocycles. The van der Waals surface area contributed by atoms with E-state index in [9.17, 15) is 9.59 Å². The molecule has 0 aliphatic carbocycles. The summed E-state index contributed by atoms with van der Waals surface area (Å²) in [7, 11) is 1.35. The zero-order valence-corrected chi connectivity index (χ0v) is 14.9. The number of urea groups is 1. The van der Waals surface area contributed by atoms with Crippen molar-refractivity contribution in [3.05, 3.63) is 28.3 Å². The van der Waals surface area contributed by atoms with Crippen LogP contribution in [-0.2, 0) is 4.74 Å². The highest BCUT2D eigenvalue weighted by Crippen LogP contribution is 2.25. The van der Waals surface area contributed by atoms with Crippen molar-refractivity contribution in [1.82, 2.24) is 15.1 Å². The second-order valence-corrected chi connectivity index (χ2v) is 5.96. The SMILES string of the molecule is COC(=O)N1CCN(C(=O)NCOc2cc(C)c(Cl)c(C)c2)CC1. The highest BCUT2D eigenvalue weighted by atomic mass is 35.5. The van der Waals surface area contributed by atoms with Crippen LogP contribution < -0.4 is 10.1 Å². The molecule has 1 saturated heterocycles. The summed E-state index contributed by atoms with van der Waals surface area (Å²) in [6, 6.07) is 3.44. The maximum absolute atomic E-state index is 12.1. The Bertz CT molecular complexity index is 592. The molecule has 1 aliphatic heterocycles. The molecular formula is C16H22ClN3O4. The molecule has 8 heteroatoms. The van der Waals surface area contributed by atoms with Crippen LogP contribution in [0.5, 0.6) is 5.75 Å². The quantitative estimate of drug-likeness (QED) is 0.845. The lowest BCUT2D eigenvalue weighted by Gasteiger charge is -2.33. The molecule has 132 valence electrons. The number of amides is 3. The summed E-state index contributed by atoms with van der Waals surface area (Å²) in [5, 5.41) is 3.43. The predicted molar refractivity (Wildman–Crippen MR) is 90.5 cm³/mol. The minimum atomic E-state index is -0.369. The highest BCUT2D eigenvalue weighted by molar-refractivity contribution is 6.32. The van der Waals surface area contributed by atoms with Crippen molar-refractivity contribution in [2.24, 2.45) is 0 Å². The number of aryl methyl sites for hydroxylation is 2. The molecule has 0 unspecified atom stereocenters. The number of rotatable bonds is 3. The summed E-state index contributed by atoms with van der Waals surface area (Å²) in [6.07, 6.45) is -0.369. The second-order valence-electron chi connectivity index (χ2n) is 5.59. The molecule has 1 heterocycles. The number of hydrogen-bond acceptors (Lipinski definition) is 4. The van der Waals surface area contributed by atoms with Crippen LogP contribution >= 0.6 is 11.6 Å². The summed E-state index contributed by atoms with van der Waals surface area (Å²) in [5.41, 5.74) is 1.86. The lowest BCUT2D eigenvalue weighted by molar-refractivity contribution is 0.0958. The van der Waals surface area contributed by atoms with E-state index in [2.05, 4.69) is 10.1 Å². The standard InChI is InChI=1S/C16H22ClN3O4/c1-11-8-13(9-12(2)14(11)17)24-10-18-15(21)19-4-6-20(7-5-19)16(22)23-3/h8-9H,4-7,10H2,1-3H3,(H,18,21). The summed E-state index contributed by atoms with van der Waals surface area (Å²) < 4.78 is 10.2. The Morgan fingerprint density at radius 2 is 1.67 bits per heavy atom. The van der Waals surface area contributed by atoms with Crippen LogP contribution in [0, 0.1) is 13.8 Å². The molecule has 0 radical (unpaired) electrons. The van der Waals surface area contributed by atoms with Crippen LogP contribution in [0.4, 0.5) is 9.59 Å². The van der Waals surface area contributed by atoms with Crippen LogP contribution in [0.3, 0.4) is 0 Å². The molecule has 7 nitrogen and oxygen atoms in total. The van der Waals surface area contributed by atoms with Crippen molar-refractivity contribution in [1.29, 1.82) is 0 Å². The van der Waals surface area contributed by atoms with Gasteiger partial charge >= 0.3 is 12.1 Å². The van der Waals surface area contributed by atoms with E-state index in [0.717, 1.165) is 16.1 Å². The van der Waals surface area contributed by atoms with Crippen molar-refractivity contribution in [2.75, 3.05) is 40.0 Å². The van der Waals surface area contributed by atoms with Crippen LogP contribution in [0.2, 0.25) is 5.02 Å². The van der Waals surface area contributed by atoms with Gasteiger partial charge in [0, 0.05) is 31.2 Å². The number of carbonyl (C=O) groups excluding carboxylic acids is 2. The number of hydrogen-bond donors (Lipinski definition) is 1. The van der Waals surface area contributed by atoms with Gasteiger partial charge in [0.05, 0.1) is 7.11 Å². The van der Waals surface area contributed by atoms with Gasteiger partial charge in [-0.05, 0) is 37.1 Å². The van der Waals surface area contributed by atoms with Gasteiger partial charge in [-0.15, -0.1) is 0 Å². The van der Waals surface area contributed by atoms with Crippen molar-refractivity contribution in [3.63, 3.8) is 0 Å². The molecule has 24 heavy (non-hydrogen) atoms. The smallest absolute Gasteiger partial charge is 0.409 e. The Morgan fingerprint density at radius 3 is 2.21 bits per heavy atom. The molecule has 1 aliphatic rings. The number of nitrogens with one attached hydrogen (secondary N) is 1. The normalized spacial score (nSPS) is 14.3. The Morgan fingerprint density at radius 1 is 1.12 bits per heavy atom. The van der Waals surface area contributed by atoms with Crippen molar-refractivity contribution in [3.8, 4) is 5.75 Å². The number of halogens is 1. The number of piperazine rings is 1. The second kappa shape index (κ2) is 8.10. The molecule has 0 bridgehead atoms. The first-order valence-corrected chi connectivity index (χ1v) is 8.05. The Labute approximate surface area is 146 Å². The fourth-order valence-electron chi connectivity index (χ4n) is 2.50. The Balaban J connectivity index is 1.77. The first-order valence-electron chi connectivity index (χ1n) is 7.67. The minimum Gasteiger partial charge on any atom is -0.473 e. The van der Waals surface area contributed by atoms with Gasteiger partial charge in [0.1, 0.15) is 5.75 Å². The number of ether oxygens (including phenoxy) is 2. The fourth-order valence-corrected chi connectivity index (χ4v) is 2.61. The van der Waals surface area contributed by atoms with E-state index < -0.39 is 0 Å². The molecule has 1 aromatic rings. The zero-order valence-electron chi connectivity index (χ0n) is 14.1. The number of nitrogens with zero attached hydrogens (tertiary/aromatic N) is 2. The third-order valence-electron chi connectivity index (χ3n) is 3.87. The van der Waals surface area contributed by atoms with Gasteiger partial charge < -0.3 is 24.6 Å². The van der Waals surface area contributed by atoms with Gasteiger partial charge in [-0.3, -0.25) is 0 Å². The number of benzene rings is 1.